The van der Waals surface area contributed by atoms with Crippen molar-refractivity contribution in [2.24, 2.45) is 10.1 Å². The third kappa shape index (κ3) is 5.33. The van der Waals surface area contributed by atoms with Crippen molar-refractivity contribution in [2.75, 3.05) is 19.0 Å². The van der Waals surface area contributed by atoms with Crippen molar-refractivity contribution in [3.8, 4) is 0 Å². The number of hydrogen-bond donors (Lipinski definition) is 1. The lowest BCUT2D eigenvalue weighted by Crippen LogP contribution is -2.48. The zero-order chi connectivity index (χ0) is 24.1. The molecular weight excluding hydrogens is 427 g/mol. The standard InChI is InChI=1S/C23H27FN6O3/c1-5-30-14-16-10-11-18(23(33)29(4)19(16)12-20(30)31)26-22(32)21(25-2)27-28(3)13-15-8-6-7-9-17(15)24/h6-9,12,14,18H,2,5,10-11,13H2,1,3-4H3,(H,26,32)/b27-21-/t18-/m1/s1. The van der Waals surface area contributed by atoms with Gasteiger partial charge in [0, 0.05) is 38.5 Å². The van der Waals surface area contributed by atoms with Gasteiger partial charge in [0.15, 0.2) is 0 Å². The highest BCUT2D eigenvalue weighted by molar-refractivity contribution is 6.39. The van der Waals surface area contributed by atoms with E-state index in [1.54, 1.807) is 43.1 Å². The van der Waals surface area contributed by atoms with Gasteiger partial charge in [-0.2, -0.15) is 5.10 Å². The number of amidine groups is 1. The first-order valence-electron chi connectivity index (χ1n) is 10.6. The van der Waals surface area contributed by atoms with Crippen molar-refractivity contribution in [2.45, 2.75) is 38.9 Å². The van der Waals surface area contributed by atoms with E-state index >= 15 is 0 Å². The minimum Gasteiger partial charge on any atom is -0.337 e. The molecule has 2 amide bonds. The van der Waals surface area contributed by atoms with E-state index in [0.29, 0.717) is 30.6 Å². The highest BCUT2D eigenvalue weighted by atomic mass is 19.1. The molecule has 1 aliphatic rings. The smallest absolute Gasteiger partial charge is 0.291 e. The Hall–Kier alpha value is -3.82. The van der Waals surface area contributed by atoms with Gasteiger partial charge < -0.3 is 14.8 Å². The van der Waals surface area contributed by atoms with Crippen LogP contribution in [0.25, 0.3) is 0 Å². The molecule has 1 atom stereocenters. The van der Waals surface area contributed by atoms with Crippen molar-refractivity contribution in [1.29, 1.82) is 0 Å². The topological polar surface area (TPSA) is 99.4 Å². The van der Waals surface area contributed by atoms with Crippen LogP contribution in [0.15, 0.2) is 51.4 Å². The third-order valence-corrected chi connectivity index (χ3v) is 5.50. The summed E-state index contributed by atoms with van der Waals surface area (Å²) in [5.41, 5.74) is 1.60. The molecule has 0 fully saturated rings. The van der Waals surface area contributed by atoms with Crippen LogP contribution < -0.4 is 15.8 Å². The number of aliphatic imine (C=N–C) groups is 1. The number of aryl methyl sites for hydroxylation is 2. The molecule has 0 saturated heterocycles. The molecule has 10 heteroatoms. The first kappa shape index (κ1) is 23.8. The highest BCUT2D eigenvalue weighted by Crippen LogP contribution is 2.24. The summed E-state index contributed by atoms with van der Waals surface area (Å²) in [5, 5.41) is 8.15. The third-order valence-electron chi connectivity index (χ3n) is 5.50. The molecule has 1 aromatic carbocycles. The van der Waals surface area contributed by atoms with Crippen LogP contribution in [0.1, 0.15) is 24.5 Å². The zero-order valence-electron chi connectivity index (χ0n) is 18.9. The summed E-state index contributed by atoms with van der Waals surface area (Å²) < 4.78 is 15.5. The van der Waals surface area contributed by atoms with Gasteiger partial charge in [-0.15, -0.1) is 0 Å². The van der Waals surface area contributed by atoms with Gasteiger partial charge in [-0.05, 0) is 38.1 Å². The maximum atomic E-state index is 13.9. The summed E-state index contributed by atoms with van der Waals surface area (Å²) in [4.78, 5) is 43.1. The summed E-state index contributed by atoms with van der Waals surface area (Å²) in [5.74, 6) is -1.64. The van der Waals surface area contributed by atoms with E-state index in [1.165, 1.54) is 22.0 Å². The predicted molar refractivity (Wildman–Crippen MR) is 125 cm³/mol. The van der Waals surface area contributed by atoms with E-state index in [2.05, 4.69) is 22.1 Å². The summed E-state index contributed by atoms with van der Waals surface area (Å²) in [6, 6.07) is 6.87. The van der Waals surface area contributed by atoms with Crippen LogP contribution in [0.4, 0.5) is 10.1 Å². The number of hydrogen-bond acceptors (Lipinski definition) is 5. The van der Waals surface area contributed by atoms with Crippen LogP contribution >= 0.6 is 0 Å². The summed E-state index contributed by atoms with van der Waals surface area (Å²) in [7, 11) is 3.15. The molecule has 0 spiro atoms. The number of rotatable bonds is 5. The fourth-order valence-corrected chi connectivity index (χ4v) is 3.71. The Labute approximate surface area is 191 Å². The Bertz CT molecular complexity index is 1160. The summed E-state index contributed by atoms with van der Waals surface area (Å²) in [6.07, 6.45) is 2.60. The van der Waals surface area contributed by atoms with E-state index in [-0.39, 0.29) is 29.7 Å². The molecule has 174 valence electrons. The van der Waals surface area contributed by atoms with Gasteiger partial charge >= 0.3 is 0 Å². The normalized spacial score (nSPS) is 16.1. The molecule has 2 aromatic rings. The van der Waals surface area contributed by atoms with Crippen molar-refractivity contribution in [3.63, 3.8) is 0 Å². The van der Waals surface area contributed by atoms with Crippen LogP contribution in [-0.2, 0) is 29.1 Å². The predicted octanol–water partition coefficient (Wildman–Crippen LogP) is 1.55. The molecule has 3 rings (SSSR count). The fourth-order valence-electron chi connectivity index (χ4n) is 3.71. The van der Waals surface area contributed by atoms with Crippen molar-refractivity contribution < 1.29 is 14.0 Å². The average Bonchev–Trinajstić information content (AvgIpc) is 2.90. The molecule has 0 aliphatic carbocycles. The first-order chi connectivity index (χ1) is 15.7. The molecule has 1 aliphatic heterocycles. The van der Waals surface area contributed by atoms with Crippen LogP contribution in [-0.4, -0.2) is 54.1 Å². The number of fused-ring (bicyclic) bond motifs is 1. The van der Waals surface area contributed by atoms with Gasteiger partial charge in [0.1, 0.15) is 11.9 Å². The fraction of sp³-hybridized carbons (Fsp3) is 0.348. The molecule has 0 radical (unpaired) electrons. The van der Waals surface area contributed by atoms with Crippen LogP contribution in [0.3, 0.4) is 0 Å². The van der Waals surface area contributed by atoms with Gasteiger partial charge in [0.25, 0.3) is 11.5 Å². The Morgan fingerprint density at radius 3 is 2.73 bits per heavy atom. The molecule has 9 nitrogen and oxygen atoms in total. The van der Waals surface area contributed by atoms with E-state index in [4.69, 9.17) is 0 Å². The second-order valence-corrected chi connectivity index (χ2v) is 7.76. The molecule has 0 unspecified atom stereocenters. The van der Waals surface area contributed by atoms with Crippen molar-refractivity contribution >= 4 is 30.1 Å². The number of amides is 2. The minimum atomic E-state index is -0.830. The Kier molecular flexibility index (Phi) is 7.37. The largest absolute Gasteiger partial charge is 0.337 e. The number of anilines is 1. The number of carbonyl (C=O) groups excluding carboxylic acids is 2. The number of pyridine rings is 1. The number of likely N-dealkylation sites (N-methyl/N-ethyl adjacent to an activating group) is 1. The molecule has 0 bridgehead atoms. The van der Waals surface area contributed by atoms with Gasteiger partial charge in [-0.25, -0.2) is 9.38 Å². The lowest BCUT2D eigenvalue weighted by Gasteiger charge is -2.22. The maximum Gasteiger partial charge on any atom is 0.291 e. The van der Waals surface area contributed by atoms with Gasteiger partial charge in [-0.3, -0.25) is 19.4 Å². The Balaban J connectivity index is 1.74. The summed E-state index contributed by atoms with van der Waals surface area (Å²) in [6.45, 7) is 5.90. The summed E-state index contributed by atoms with van der Waals surface area (Å²) >= 11 is 0. The minimum absolute atomic E-state index is 0.119. The van der Waals surface area contributed by atoms with Gasteiger partial charge in [0.05, 0.1) is 12.2 Å². The number of aromatic nitrogens is 1. The lowest BCUT2D eigenvalue weighted by molar-refractivity contribution is -0.124. The average molecular weight is 455 g/mol. The van der Waals surface area contributed by atoms with Crippen molar-refractivity contribution in [1.82, 2.24) is 14.9 Å². The molecule has 1 N–H and O–H groups in total. The van der Waals surface area contributed by atoms with Gasteiger partial charge in [-0.1, -0.05) is 18.2 Å². The Morgan fingerprint density at radius 2 is 2.06 bits per heavy atom. The van der Waals surface area contributed by atoms with E-state index in [9.17, 15) is 18.8 Å². The quantitative estimate of drug-likeness (QED) is 0.421. The van der Waals surface area contributed by atoms with Gasteiger partial charge in [0.2, 0.25) is 11.7 Å². The number of carbonyl (C=O) groups is 2. The van der Waals surface area contributed by atoms with E-state index < -0.39 is 11.9 Å². The molecule has 0 saturated carbocycles. The first-order valence-corrected chi connectivity index (χ1v) is 10.6. The van der Waals surface area contributed by atoms with Crippen LogP contribution in [0.5, 0.6) is 0 Å². The monoisotopic (exact) mass is 454 g/mol. The molecule has 1 aromatic heterocycles. The highest BCUT2D eigenvalue weighted by Gasteiger charge is 2.31. The second-order valence-electron chi connectivity index (χ2n) is 7.76. The number of nitrogens with zero attached hydrogens (tertiary/aromatic N) is 5. The molecular formula is C23H27FN6O3. The van der Waals surface area contributed by atoms with Crippen LogP contribution in [0, 0.1) is 5.82 Å². The van der Waals surface area contributed by atoms with E-state index in [1.807, 2.05) is 6.92 Å². The number of nitrogens with one attached hydrogen (secondary N) is 1. The second kappa shape index (κ2) is 10.2. The zero-order valence-corrected chi connectivity index (χ0v) is 18.9. The number of hydrazone groups is 1. The molecule has 33 heavy (non-hydrogen) atoms. The number of halogens is 1. The maximum absolute atomic E-state index is 13.9. The molecule has 2 heterocycles. The van der Waals surface area contributed by atoms with E-state index in [0.717, 1.165) is 5.56 Å². The Morgan fingerprint density at radius 1 is 1.33 bits per heavy atom. The van der Waals surface area contributed by atoms with Crippen molar-refractivity contribution in [3.05, 3.63) is 63.8 Å². The number of benzene rings is 1. The van der Waals surface area contributed by atoms with Crippen LogP contribution in [0.2, 0.25) is 0 Å². The SMILES string of the molecule is C=N/C(=N\N(C)Cc1ccccc1F)C(=O)N[C@@H]1CCc2cn(CC)c(=O)cc2N(C)C1=O. The lowest BCUT2D eigenvalue weighted by atomic mass is 10.1.